The van der Waals surface area contributed by atoms with Gasteiger partial charge >= 0.3 is 0 Å². The van der Waals surface area contributed by atoms with Crippen LogP contribution in [0.15, 0.2) is 60.7 Å². The minimum absolute atomic E-state index is 0. The molecule has 0 atom stereocenters. The fourth-order valence-corrected chi connectivity index (χ4v) is 3.55. The molecule has 176 valence electrons. The molecule has 0 aliphatic heterocycles. The van der Waals surface area contributed by atoms with Crippen LogP contribution in [0, 0.1) is 10.1 Å². The zero-order chi connectivity index (χ0) is 22.9. The van der Waals surface area contributed by atoms with Crippen molar-refractivity contribution in [2.75, 3.05) is 25.5 Å². The van der Waals surface area contributed by atoms with Crippen LogP contribution in [0.1, 0.15) is 11.1 Å². The van der Waals surface area contributed by atoms with Crippen LogP contribution >= 0.6 is 35.6 Å². The molecule has 0 unspecified atom stereocenters. The lowest BCUT2D eigenvalue weighted by atomic mass is 10.2. The number of anilines is 1. The molecular weight excluding hydrogens is 489 g/mol. The SMILES string of the molecule is COc1cc(CNCCNc2ccc([N+](=O)[O-])cc2Cl)cc(Cl)c1OCc1ccccc1.Cl. The molecule has 0 aliphatic rings. The molecule has 10 heteroatoms. The highest BCUT2D eigenvalue weighted by Crippen LogP contribution is 2.37. The molecule has 0 saturated heterocycles. The van der Waals surface area contributed by atoms with E-state index >= 15 is 0 Å². The molecular formula is C23H24Cl3N3O4. The number of ether oxygens (including phenoxy) is 2. The number of nitrogens with zero attached hydrogens (tertiary/aromatic N) is 1. The molecule has 3 aromatic rings. The van der Waals surface area contributed by atoms with Crippen molar-refractivity contribution in [1.29, 1.82) is 0 Å². The Morgan fingerprint density at radius 3 is 2.39 bits per heavy atom. The van der Waals surface area contributed by atoms with E-state index in [0.29, 0.717) is 53.5 Å². The molecule has 0 aromatic heterocycles. The number of hydrogen-bond donors (Lipinski definition) is 2. The van der Waals surface area contributed by atoms with Crippen molar-refractivity contribution in [2.24, 2.45) is 0 Å². The summed E-state index contributed by atoms with van der Waals surface area (Å²) in [5.74, 6) is 1.08. The molecule has 7 nitrogen and oxygen atoms in total. The van der Waals surface area contributed by atoms with E-state index in [1.807, 2.05) is 42.5 Å². The topological polar surface area (TPSA) is 85.7 Å². The van der Waals surface area contributed by atoms with Gasteiger partial charge in [0.25, 0.3) is 5.69 Å². The maximum atomic E-state index is 10.8. The standard InChI is InChI=1S/C23H23Cl2N3O4.ClH/c1-31-22-12-17(11-20(25)23(22)32-15-16-5-3-2-4-6-16)14-26-9-10-27-21-8-7-18(28(29)30)13-19(21)24;/h2-8,11-13,26-27H,9-10,14-15H2,1H3;1H. The van der Waals surface area contributed by atoms with E-state index in [9.17, 15) is 10.1 Å². The first-order chi connectivity index (χ1) is 15.5. The van der Waals surface area contributed by atoms with Gasteiger partial charge in [0.1, 0.15) is 6.61 Å². The van der Waals surface area contributed by atoms with Gasteiger partial charge in [0, 0.05) is 31.8 Å². The van der Waals surface area contributed by atoms with Crippen molar-refractivity contribution >= 4 is 47.0 Å². The Morgan fingerprint density at radius 1 is 0.970 bits per heavy atom. The Hall–Kier alpha value is -2.71. The number of nitrogens with one attached hydrogen (secondary N) is 2. The second-order valence-corrected chi connectivity index (χ2v) is 7.72. The van der Waals surface area contributed by atoms with Gasteiger partial charge in [-0.15, -0.1) is 12.4 Å². The minimum atomic E-state index is -0.478. The Bertz CT molecular complexity index is 1070. The average Bonchev–Trinajstić information content (AvgIpc) is 2.79. The van der Waals surface area contributed by atoms with Crippen LogP contribution in [0.4, 0.5) is 11.4 Å². The van der Waals surface area contributed by atoms with Crippen LogP contribution in [0.5, 0.6) is 11.5 Å². The molecule has 0 fully saturated rings. The van der Waals surface area contributed by atoms with Gasteiger partial charge in [-0.25, -0.2) is 0 Å². The van der Waals surface area contributed by atoms with Crippen LogP contribution in [-0.4, -0.2) is 25.1 Å². The van der Waals surface area contributed by atoms with Crippen LogP contribution in [0.2, 0.25) is 10.0 Å². The second-order valence-electron chi connectivity index (χ2n) is 6.91. The first kappa shape index (κ1) is 26.5. The molecule has 0 aliphatic carbocycles. The largest absolute Gasteiger partial charge is 0.493 e. The van der Waals surface area contributed by atoms with E-state index in [-0.39, 0.29) is 18.1 Å². The molecule has 0 spiro atoms. The predicted octanol–water partition coefficient (Wildman–Crippen LogP) is 6.11. The zero-order valence-corrected chi connectivity index (χ0v) is 20.2. The molecule has 3 aromatic carbocycles. The summed E-state index contributed by atoms with van der Waals surface area (Å²) in [7, 11) is 1.58. The van der Waals surface area contributed by atoms with E-state index in [4.69, 9.17) is 32.7 Å². The van der Waals surface area contributed by atoms with Crippen molar-refractivity contribution in [2.45, 2.75) is 13.2 Å². The van der Waals surface area contributed by atoms with E-state index in [1.54, 1.807) is 13.2 Å². The van der Waals surface area contributed by atoms with Gasteiger partial charge in [0.2, 0.25) is 0 Å². The van der Waals surface area contributed by atoms with Crippen molar-refractivity contribution in [3.05, 3.63) is 92.0 Å². The monoisotopic (exact) mass is 511 g/mol. The van der Waals surface area contributed by atoms with Gasteiger partial charge in [-0.05, 0) is 29.3 Å². The molecule has 0 saturated carbocycles. The van der Waals surface area contributed by atoms with Crippen LogP contribution in [0.3, 0.4) is 0 Å². The zero-order valence-electron chi connectivity index (χ0n) is 17.8. The number of non-ortho nitro benzene ring substituents is 1. The van der Waals surface area contributed by atoms with E-state index < -0.39 is 4.92 Å². The van der Waals surface area contributed by atoms with Crippen LogP contribution < -0.4 is 20.1 Å². The number of methoxy groups -OCH3 is 1. The van der Waals surface area contributed by atoms with E-state index in [0.717, 1.165) is 11.1 Å². The fraction of sp³-hybridized carbons (Fsp3) is 0.217. The smallest absolute Gasteiger partial charge is 0.271 e. The Balaban J connectivity index is 0.00000385. The number of rotatable bonds is 11. The normalized spacial score (nSPS) is 10.3. The molecule has 0 radical (unpaired) electrons. The van der Waals surface area contributed by atoms with Gasteiger partial charge in [0.15, 0.2) is 11.5 Å². The fourth-order valence-electron chi connectivity index (χ4n) is 3.02. The third kappa shape index (κ3) is 7.68. The molecule has 2 N–H and O–H groups in total. The summed E-state index contributed by atoms with van der Waals surface area (Å²) in [5.41, 5.74) is 2.59. The van der Waals surface area contributed by atoms with Crippen LogP contribution in [-0.2, 0) is 13.2 Å². The summed E-state index contributed by atoms with van der Waals surface area (Å²) >= 11 is 12.5. The van der Waals surface area contributed by atoms with Gasteiger partial charge in [-0.3, -0.25) is 10.1 Å². The summed E-state index contributed by atoms with van der Waals surface area (Å²) in [6.07, 6.45) is 0. The first-order valence-corrected chi connectivity index (χ1v) is 10.6. The van der Waals surface area contributed by atoms with Crippen molar-refractivity contribution in [3.63, 3.8) is 0 Å². The van der Waals surface area contributed by atoms with E-state index in [1.165, 1.54) is 12.1 Å². The van der Waals surface area contributed by atoms with Crippen molar-refractivity contribution < 1.29 is 14.4 Å². The Labute approximate surface area is 208 Å². The average molecular weight is 513 g/mol. The molecule has 3 rings (SSSR count). The second kappa shape index (κ2) is 13.1. The summed E-state index contributed by atoms with van der Waals surface area (Å²) in [6.45, 7) is 2.19. The summed E-state index contributed by atoms with van der Waals surface area (Å²) in [4.78, 5) is 10.3. The summed E-state index contributed by atoms with van der Waals surface area (Å²) < 4.78 is 11.4. The number of nitro benzene ring substituents is 1. The maximum absolute atomic E-state index is 10.8. The van der Waals surface area contributed by atoms with Crippen LogP contribution in [0.25, 0.3) is 0 Å². The molecule has 0 amide bonds. The van der Waals surface area contributed by atoms with Gasteiger partial charge in [0.05, 0.1) is 27.8 Å². The summed E-state index contributed by atoms with van der Waals surface area (Å²) in [5, 5.41) is 18.0. The number of hydrogen-bond acceptors (Lipinski definition) is 6. The summed E-state index contributed by atoms with van der Waals surface area (Å²) in [6, 6.07) is 17.9. The highest BCUT2D eigenvalue weighted by Gasteiger charge is 2.13. The first-order valence-electron chi connectivity index (χ1n) is 9.89. The van der Waals surface area contributed by atoms with Crippen molar-refractivity contribution in [1.82, 2.24) is 5.32 Å². The highest BCUT2D eigenvalue weighted by molar-refractivity contribution is 6.33. The quantitative estimate of drug-likeness (QED) is 0.183. The molecule has 0 heterocycles. The van der Waals surface area contributed by atoms with Gasteiger partial charge in [-0.2, -0.15) is 0 Å². The third-order valence-electron chi connectivity index (χ3n) is 4.63. The highest BCUT2D eigenvalue weighted by atomic mass is 35.5. The number of halogens is 3. The van der Waals surface area contributed by atoms with Gasteiger partial charge < -0.3 is 20.1 Å². The lowest BCUT2D eigenvalue weighted by Gasteiger charge is -2.15. The molecule has 0 bridgehead atoms. The van der Waals surface area contributed by atoms with Crippen molar-refractivity contribution in [3.8, 4) is 11.5 Å². The Kier molecular flexibility index (Phi) is 10.5. The third-order valence-corrected chi connectivity index (χ3v) is 5.22. The molecule has 33 heavy (non-hydrogen) atoms. The number of benzene rings is 3. The Morgan fingerprint density at radius 2 is 1.73 bits per heavy atom. The maximum Gasteiger partial charge on any atom is 0.271 e. The van der Waals surface area contributed by atoms with Gasteiger partial charge in [-0.1, -0.05) is 53.5 Å². The van der Waals surface area contributed by atoms with E-state index in [2.05, 4.69) is 10.6 Å². The predicted molar refractivity (Wildman–Crippen MR) is 134 cm³/mol. The lowest BCUT2D eigenvalue weighted by Crippen LogP contribution is -2.22. The number of nitro groups is 1. The lowest BCUT2D eigenvalue weighted by molar-refractivity contribution is -0.384. The minimum Gasteiger partial charge on any atom is -0.493 e.